The first-order valence-corrected chi connectivity index (χ1v) is 7.41. The van der Waals surface area contributed by atoms with Gasteiger partial charge in [0.1, 0.15) is 5.02 Å². The number of nitro benzene ring substituents is 1. The summed E-state index contributed by atoms with van der Waals surface area (Å²) in [6, 6.07) is 4.43. The Morgan fingerprint density at radius 2 is 1.95 bits per heavy atom. The second kappa shape index (κ2) is 7.26. The molecule has 114 valence electrons. The summed E-state index contributed by atoms with van der Waals surface area (Å²) >= 11 is 5.75. The lowest BCUT2D eigenvalue weighted by Crippen LogP contribution is -2.36. The lowest BCUT2D eigenvalue weighted by molar-refractivity contribution is -0.384. The van der Waals surface area contributed by atoms with Crippen LogP contribution in [-0.4, -0.2) is 35.4 Å². The number of nitrogens with zero attached hydrogens (tertiary/aromatic N) is 2. The molecule has 1 aromatic carbocycles. The number of likely N-dealkylation sites (tertiary alicyclic amines) is 1. The number of rotatable bonds is 4. The van der Waals surface area contributed by atoms with E-state index in [1.165, 1.54) is 25.0 Å². The van der Waals surface area contributed by atoms with E-state index in [-0.39, 0.29) is 23.2 Å². The smallest absolute Gasteiger partial charge is 0.289 e. The zero-order chi connectivity index (χ0) is 15.2. The third kappa shape index (κ3) is 4.32. The molecule has 0 aromatic heterocycles. The zero-order valence-electron chi connectivity index (χ0n) is 11.7. The molecule has 1 N–H and O–H groups in total. The molecule has 0 spiro atoms. The number of benzene rings is 1. The van der Waals surface area contributed by atoms with Crippen LogP contribution in [0.4, 0.5) is 11.4 Å². The minimum absolute atomic E-state index is 0.0227. The van der Waals surface area contributed by atoms with Crippen molar-refractivity contribution in [1.82, 2.24) is 4.90 Å². The molecule has 21 heavy (non-hydrogen) atoms. The van der Waals surface area contributed by atoms with E-state index in [1.54, 1.807) is 6.07 Å². The number of halogens is 1. The fourth-order valence-electron chi connectivity index (χ4n) is 2.37. The maximum Gasteiger partial charge on any atom is 0.289 e. The summed E-state index contributed by atoms with van der Waals surface area (Å²) in [5.74, 6) is 0.0227. The first kappa shape index (κ1) is 15.6. The summed E-state index contributed by atoms with van der Waals surface area (Å²) in [7, 11) is 0. The Hall–Kier alpha value is -1.82. The highest BCUT2D eigenvalue weighted by Crippen LogP contribution is 2.27. The van der Waals surface area contributed by atoms with E-state index in [9.17, 15) is 14.9 Å². The van der Waals surface area contributed by atoms with Crippen LogP contribution in [0, 0.1) is 10.1 Å². The first-order valence-electron chi connectivity index (χ1n) is 7.03. The van der Waals surface area contributed by atoms with Crippen LogP contribution < -0.4 is 5.32 Å². The lowest BCUT2D eigenvalue weighted by Gasteiger charge is -2.20. The summed E-state index contributed by atoms with van der Waals surface area (Å²) in [6.45, 7) is 1.72. The molecule has 6 nitrogen and oxygen atoms in total. The molecular weight excluding hydrogens is 294 g/mol. The highest BCUT2D eigenvalue weighted by atomic mass is 35.5. The number of hydrogen-bond donors (Lipinski definition) is 1. The molecule has 1 amide bonds. The largest absolute Gasteiger partial charge is 0.376 e. The van der Waals surface area contributed by atoms with Gasteiger partial charge in [0.2, 0.25) is 5.91 Å². The minimum atomic E-state index is -0.538. The minimum Gasteiger partial charge on any atom is -0.376 e. The number of carbonyl (C=O) groups is 1. The van der Waals surface area contributed by atoms with Gasteiger partial charge in [-0.2, -0.15) is 0 Å². The standard InChI is InChI=1S/C14H18ClN3O3/c15-12-6-5-11(9-13(12)18(20)21)16-10-14(19)17-7-3-1-2-4-8-17/h5-6,9,16H,1-4,7-8,10H2. The molecule has 2 rings (SSSR count). The molecule has 0 radical (unpaired) electrons. The van der Waals surface area contributed by atoms with Crippen molar-refractivity contribution in [1.29, 1.82) is 0 Å². The third-order valence-corrected chi connectivity index (χ3v) is 3.86. The van der Waals surface area contributed by atoms with Crippen molar-refractivity contribution in [3.8, 4) is 0 Å². The van der Waals surface area contributed by atoms with Gasteiger partial charge in [0.05, 0.1) is 11.5 Å². The topological polar surface area (TPSA) is 75.5 Å². The Morgan fingerprint density at radius 3 is 2.57 bits per heavy atom. The van der Waals surface area contributed by atoms with Crippen molar-refractivity contribution in [2.75, 3.05) is 25.0 Å². The second-order valence-electron chi connectivity index (χ2n) is 5.07. The number of carbonyl (C=O) groups excluding carboxylic acids is 1. The fraction of sp³-hybridized carbons (Fsp3) is 0.500. The number of amides is 1. The molecule has 1 fully saturated rings. The van der Waals surface area contributed by atoms with Gasteiger partial charge in [0.15, 0.2) is 0 Å². The summed E-state index contributed by atoms with van der Waals surface area (Å²) < 4.78 is 0. The molecule has 1 aromatic rings. The first-order chi connectivity index (χ1) is 10.1. The van der Waals surface area contributed by atoms with Crippen molar-refractivity contribution < 1.29 is 9.72 Å². The second-order valence-corrected chi connectivity index (χ2v) is 5.48. The van der Waals surface area contributed by atoms with Gasteiger partial charge in [-0.15, -0.1) is 0 Å². The number of anilines is 1. The van der Waals surface area contributed by atoms with Crippen LogP contribution in [0.15, 0.2) is 18.2 Å². The van der Waals surface area contributed by atoms with Crippen molar-refractivity contribution in [3.63, 3.8) is 0 Å². The van der Waals surface area contributed by atoms with E-state index < -0.39 is 4.92 Å². The predicted molar refractivity (Wildman–Crippen MR) is 81.6 cm³/mol. The van der Waals surface area contributed by atoms with E-state index in [0.29, 0.717) is 5.69 Å². The molecule has 0 aliphatic carbocycles. The van der Waals surface area contributed by atoms with E-state index in [1.807, 2.05) is 4.90 Å². The molecule has 0 bridgehead atoms. The van der Waals surface area contributed by atoms with Crippen molar-refractivity contribution in [3.05, 3.63) is 33.3 Å². The molecular formula is C14H18ClN3O3. The van der Waals surface area contributed by atoms with Crippen molar-refractivity contribution in [2.24, 2.45) is 0 Å². The van der Waals surface area contributed by atoms with Gasteiger partial charge in [0.25, 0.3) is 5.69 Å². The Morgan fingerprint density at radius 1 is 1.29 bits per heavy atom. The normalized spacial score (nSPS) is 15.4. The average Bonchev–Trinajstić information content (AvgIpc) is 2.75. The predicted octanol–water partition coefficient (Wildman–Crippen LogP) is 3.06. The van der Waals surface area contributed by atoms with Gasteiger partial charge >= 0.3 is 0 Å². The highest BCUT2D eigenvalue weighted by molar-refractivity contribution is 6.32. The zero-order valence-corrected chi connectivity index (χ0v) is 12.4. The Kier molecular flexibility index (Phi) is 5.38. The molecule has 7 heteroatoms. The molecule has 0 saturated carbocycles. The van der Waals surface area contributed by atoms with Crippen LogP contribution in [0.5, 0.6) is 0 Å². The maximum atomic E-state index is 12.1. The van der Waals surface area contributed by atoms with Gasteiger partial charge < -0.3 is 10.2 Å². The van der Waals surface area contributed by atoms with Gasteiger partial charge in [-0.3, -0.25) is 14.9 Å². The summed E-state index contributed by atoms with van der Waals surface area (Å²) in [4.78, 5) is 24.2. The number of nitrogens with one attached hydrogen (secondary N) is 1. The van der Waals surface area contributed by atoms with Crippen LogP contribution in [0.25, 0.3) is 0 Å². The number of hydrogen-bond acceptors (Lipinski definition) is 4. The molecule has 0 atom stereocenters. The van der Waals surface area contributed by atoms with E-state index >= 15 is 0 Å². The van der Waals surface area contributed by atoms with Crippen LogP contribution >= 0.6 is 11.6 Å². The van der Waals surface area contributed by atoms with Crippen molar-refractivity contribution >= 4 is 28.9 Å². The van der Waals surface area contributed by atoms with Gasteiger partial charge in [-0.25, -0.2) is 0 Å². The molecule has 1 aliphatic heterocycles. The maximum absolute atomic E-state index is 12.1. The number of nitro groups is 1. The average molecular weight is 312 g/mol. The Labute approximate surface area is 128 Å². The van der Waals surface area contributed by atoms with Crippen LogP contribution in [-0.2, 0) is 4.79 Å². The molecule has 1 saturated heterocycles. The monoisotopic (exact) mass is 311 g/mol. The summed E-state index contributed by atoms with van der Waals surface area (Å²) in [5, 5.41) is 13.8. The third-order valence-electron chi connectivity index (χ3n) is 3.55. The van der Waals surface area contributed by atoms with Gasteiger partial charge in [-0.05, 0) is 25.0 Å². The van der Waals surface area contributed by atoms with Gasteiger partial charge in [-0.1, -0.05) is 24.4 Å². The summed E-state index contributed by atoms with van der Waals surface area (Å²) in [5.41, 5.74) is 0.359. The van der Waals surface area contributed by atoms with Gasteiger partial charge in [0, 0.05) is 24.8 Å². The Bertz CT molecular complexity index is 528. The van der Waals surface area contributed by atoms with Crippen LogP contribution in [0.3, 0.4) is 0 Å². The highest BCUT2D eigenvalue weighted by Gasteiger charge is 2.16. The van der Waals surface area contributed by atoms with Crippen LogP contribution in [0.1, 0.15) is 25.7 Å². The van der Waals surface area contributed by atoms with E-state index in [0.717, 1.165) is 25.9 Å². The fourth-order valence-corrected chi connectivity index (χ4v) is 2.56. The SMILES string of the molecule is O=C(CNc1ccc(Cl)c([N+](=O)[O-])c1)N1CCCCCC1. The summed E-state index contributed by atoms with van der Waals surface area (Å²) in [6.07, 6.45) is 4.41. The van der Waals surface area contributed by atoms with Crippen LogP contribution in [0.2, 0.25) is 5.02 Å². The lowest BCUT2D eigenvalue weighted by atomic mass is 10.2. The quantitative estimate of drug-likeness (QED) is 0.685. The molecule has 0 unspecified atom stereocenters. The molecule has 1 aliphatic rings. The van der Waals surface area contributed by atoms with E-state index in [4.69, 9.17) is 11.6 Å². The molecule has 1 heterocycles. The van der Waals surface area contributed by atoms with E-state index in [2.05, 4.69) is 5.32 Å². The Balaban J connectivity index is 1.94. The van der Waals surface area contributed by atoms with Crippen molar-refractivity contribution in [2.45, 2.75) is 25.7 Å².